The molecule has 164 valence electrons. The van der Waals surface area contributed by atoms with Gasteiger partial charge in [0.1, 0.15) is 5.75 Å². The highest BCUT2D eigenvalue weighted by atomic mass is 127. The monoisotopic (exact) mass is 519 g/mol. The van der Waals surface area contributed by atoms with Crippen LogP contribution in [0.5, 0.6) is 5.75 Å². The molecule has 0 atom stereocenters. The number of benzene rings is 1. The number of methoxy groups -OCH3 is 1. The predicted molar refractivity (Wildman–Crippen MR) is 126 cm³/mol. The molecule has 0 saturated carbocycles. The SMILES string of the molecule is COc1cc(C)cc(CN=C(NCCN2CCOCC2)NCC(=O)N(C)C)c1.I. The first-order valence-electron chi connectivity index (χ1n) is 9.65. The summed E-state index contributed by atoms with van der Waals surface area (Å²) in [5, 5.41) is 6.45. The predicted octanol–water partition coefficient (Wildman–Crippen LogP) is 1.08. The van der Waals surface area contributed by atoms with E-state index in [0.717, 1.165) is 56.3 Å². The summed E-state index contributed by atoms with van der Waals surface area (Å²) in [7, 11) is 5.15. The number of hydrogen-bond donors (Lipinski definition) is 2. The third-order valence-electron chi connectivity index (χ3n) is 4.50. The van der Waals surface area contributed by atoms with Crippen molar-refractivity contribution in [1.29, 1.82) is 0 Å². The van der Waals surface area contributed by atoms with Gasteiger partial charge >= 0.3 is 0 Å². The second kappa shape index (κ2) is 13.6. The molecule has 1 aliphatic rings. The molecule has 0 spiro atoms. The number of likely N-dealkylation sites (N-methyl/N-ethyl adjacent to an activating group) is 1. The van der Waals surface area contributed by atoms with Crippen LogP contribution in [0.3, 0.4) is 0 Å². The Kier molecular flexibility index (Phi) is 11.9. The molecule has 0 aromatic heterocycles. The lowest BCUT2D eigenvalue weighted by Crippen LogP contribution is -2.46. The van der Waals surface area contributed by atoms with Crippen molar-refractivity contribution in [1.82, 2.24) is 20.4 Å². The zero-order chi connectivity index (χ0) is 20.4. The number of guanidine groups is 1. The first-order chi connectivity index (χ1) is 13.5. The summed E-state index contributed by atoms with van der Waals surface area (Å²) in [5.74, 6) is 1.45. The summed E-state index contributed by atoms with van der Waals surface area (Å²) >= 11 is 0. The lowest BCUT2D eigenvalue weighted by molar-refractivity contribution is -0.127. The van der Waals surface area contributed by atoms with Crippen molar-refractivity contribution in [2.45, 2.75) is 13.5 Å². The van der Waals surface area contributed by atoms with Crippen molar-refractivity contribution in [2.75, 3.05) is 67.1 Å². The van der Waals surface area contributed by atoms with Gasteiger partial charge in [-0.05, 0) is 30.2 Å². The molecule has 2 N–H and O–H groups in total. The zero-order valence-corrected chi connectivity index (χ0v) is 20.2. The summed E-state index contributed by atoms with van der Waals surface area (Å²) in [6.45, 7) is 7.86. The van der Waals surface area contributed by atoms with E-state index in [4.69, 9.17) is 9.47 Å². The Balaban J connectivity index is 0.00000420. The van der Waals surface area contributed by atoms with Gasteiger partial charge < -0.3 is 25.0 Å². The molecule has 1 aliphatic heterocycles. The van der Waals surface area contributed by atoms with Crippen molar-refractivity contribution in [3.05, 3.63) is 29.3 Å². The summed E-state index contributed by atoms with van der Waals surface area (Å²) < 4.78 is 10.7. The van der Waals surface area contributed by atoms with Gasteiger partial charge in [-0.25, -0.2) is 4.99 Å². The standard InChI is InChI=1S/C20H33N5O3.HI/c1-16-11-17(13-18(12-16)27-4)14-22-20(23-15-19(26)24(2)3)21-5-6-25-7-9-28-10-8-25;/h11-13H,5-10,14-15H2,1-4H3,(H2,21,22,23);1H. The van der Waals surface area contributed by atoms with Crippen LogP contribution in [0.15, 0.2) is 23.2 Å². The van der Waals surface area contributed by atoms with Gasteiger partial charge in [-0.2, -0.15) is 0 Å². The molecule has 29 heavy (non-hydrogen) atoms. The van der Waals surface area contributed by atoms with E-state index in [2.05, 4.69) is 26.6 Å². The van der Waals surface area contributed by atoms with Crippen LogP contribution in [0.1, 0.15) is 11.1 Å². The maximum atomic E-state index is 11.9. The first-order valence-corrected chi connectivity index (χ1v) is 9.65. The molecule has 1 fully saturated rings. The molecule has 1 aromatic carbocycles. The van der Waals surface area contributed by atoms with Crippen molar-refractivity contribution in [3.63, 3.8) is 0 Å². The first kappa shape index (κ1) is 25.4. The number of aryl methyl sites for hydroxylation is 1. The Hall–Kier alpha value is -1.59. The second-order valence-electron chi connectivity index (χ2n) is 7.05. The number of amides is 1. The van der Waals surface area contributed by atoms with Gasteiger partial charge in [0, 0.05) is 40.3 Å². The fourth-order valence-electron chi connectivity index (χ4n) is 2.85. The van der Waals surface area contributed by atoms with Crippen LogP contribution in [-0.4, -0.2) is 88.8 Å². The third kappa shape index (κ3) is 9.64. The number of nitrogens with zero attached hydrogens (tertiary/aromatic N) is 3. The van der Waals surface area contributed by atoms with E-state index >= 15 is 0 Å². The molecule has 1 aromatic rings. The fraction of sp³-hybridized carbons (Fsp3) is 0.600. The average molecular weight is 519 g/mol. The number of carbonyl (C=O) groups is 1. The smallest absolute Gasteiger partial charge is 0.241 e. The Morgan fingerprint density at radius 2 is 1.97 bits per heavy atom. The molecule has 0 unspecified atom stereocenters. The maximum Gasteiger partial charge on any atom is 0.241 e. The number of carbonyl (C=O) groups excluding carboxylic acids is 1. The molecule has 9 heteroatoms. The van der Waals surface area contributed by atoms with Gasteiger partial charge in [-0.15, -0.1) is 24.0 Å². The molecule has 0 aliphatic carbocycles. The molecule has 2 rings (SSSR count). The molecular formula is C20H34IN5O3. The topological polar surface area (TPSA) is 78.4 Å². The number of rotatable bonds is 8. The van der Waals surface area contributed by atoms with Crippen molar-refractivity contribution in [3.8, 4) is 5.75 Å². The Morgan fingerprint density at radius 1 is 1.24 bits per heavy atom. The molecule has 1 saturated heterocycles. The minimum atomic E-state index is -0.0000888. The van der Waals surface area contributed by atoms with Crippen LogP contribution in [0.4, 0.5) is 0 Å². The van der Waals surface area contributed by atoms with Gasteiger partial charge in [-0.1, -0.05) is 6.07 Å². The van der Waals surface area contributed by atoms with Gasteiger partial charge in [0.15, 0.2) is 5.96 Å². The quantitative estimate of drug-likeness (QED) is 0.304. The molecule has 1 heterocycles. The Morgan fingerprint density at radius 3 is 2.62 bits per heavy atom. The third-order valence-corrected chi connectivity index (χ3v) is 4.50. The van der Waals surface area contributed by atoms with E-state index in [1.165, 1.54) is 0 Å². The van der Waals surface area contributed by atoms with E-state index in [0.29, 0.717) is 12.5 Å². The number of nitrogens with one attached hydrogen (secondary N) is 2. The normalized spacial score (nSPS) is 14.7. The van der Waals surface area contributed by atoms with Crippen molar-refractivity contribution >= 4 is 35.8 Å². The summed E-state index contributed by atoms with van der Waals surface area (Å²) in [6, 6.07) is 6.05. The van der Waals surface area contributed by atoms with Gasteiger partial charge in [-0.3, -0.25) is 9.69 Å². The molecule has 0 radical (unpaired) electrons. The highest BCUT2D eigenvalue weighted by molar-refractivity contribution is 14.0. The van der Waals surface area contributed by atoms with Crippen LogP contribution >= 0.6 is 24.0 Å². The highest BCUT2D eigenvalue weighted by Crippen LogP contribution is 2.16. The van der Waals surface area contributed by atoms with E-state index < -0.39 is 0 Å². The highest BCUT2D eigenvalue weighted by Gasteiger charge is 2.11. The Bertz CT molecular complexity index is 664. The molecule has 1 amide bonds. The maximum absolute atomic E-state index is 11.9. The number of hydrogen-bond acceptors (Lipinski definition) is 5. The largest absolute Gasteiger partial charge is 0.497 e. The summed E-state index contributed by atoms with van der Waals surface area (Å²) in [5.41, 5.74) is 2.19. The average Bonchev–Trinajstić information content (AvgIpc) is 2.69. The molecule has 0 bridgehead atoms. The fourth-order valence-corrected chi connectivity index (χ4v) is 2.85. The van der Waals surface area contributed by atoms with Gasteiger partial charge in [0.2, 0.25) is 5.91 Å². The van der Waals surface area contributed by atoms with Crippen LogP contribution in [-0.2, 0) is 16.1 Å². The lowest BCUT2D eigenvalue weighted by Gasteiger charge is -2.26. The number of morpholine rings is 1. The van der Waals surface area contributed by atoms with Gasteiger partial charge in [0.25, 0.3) is 0 Å². The Labute approximate surface area is 191 Å². The van der Waals surface area contributed by atoms with Crippen LogP contribution in [0.25, 0.3) is 0 Å². The minimum absolute atomic E-state index is 0. The van der Waals surface area contributed by atoms with Crippen LogP contribution in [0.2, 0.25) is 0 Å². The molecule has 8 nitrogen and oxygen atoms in total. The zero-order valence-electron chi connectivity index (χ0n) is 17.9. The van der Waals surface area contributed by atoms with Crippen molar-refractivity contribution < 1.29 is 14.3 Å². The number of ether oxygens (including phenoxy) is 2. The summed E-state index contributed by atoms with van der Waals surface area (Å²) in [6.07, 6.45) is 0. The number of aliphatic imine (C=N–C) groups is 1. The second-order valence-corrected chi connectivity index (χ2v) is 7.05. The van der Waals surface area contributed by atoms with Crippen LogP contribution in [0, 0.1) is 6.92 Å². The number of halogens is 1. The van der Waals surface area contributed by atoms with Crippen LogP contribution < -0.4 is 15.4 Å². The lowest BCUT2D eigenvalue weighted by atomic mass is 10.1. The summed E-state index contributed by atoms with van der Waals surface area (Å²) in [4.78, 5) is 20.5. The minimum Gasteiger partial charge on any atom is -0.497 e. The van der Waals surface area contributed by atoms with E-state index in [1.54, 1.807) is 26.1 Å². The van der Waals surface area contributed by atoms with Gasteiger partial charge in [0.05, 0.1) is 33.4 Å². The molecular weight excluding hydrogens is 485 g/mol. The van der Waals surface area contributed by atoms with E-state index in [9.17, 15) is 4.79 Å². The van der Waals surface area contributed by atoms with Crippen molar-refractivity contribution in [2.24, 2.45) is 4.99 Å². The van der Waals surface area contributed by atoms with E-state index in [1.807, 2.05) is 19.1 Å². The van der Waals surface area contributed by atoms with E-state index in [-0.39, 0.29) is 36.4 Å².